The molecule has 0 saturated heterocycles. The molecule has 0 aliphatic carbocycles. The summed E-state index contributed by atoms with van der Waals surface area (Å²) in [7, 11) is 0. The standard InChI is InChI=1S/C10H14ClN3O.2ClH/c1-10(2,12)6-14-9(15)7-3-4-13-5-8(7)11;;/h3-5H,6,12H2,1-2H3,(H,14,15);2*1H. The van der Waals surface area contributed by atoms with Crippen LogP contribution in [0.25, 0.3) is 0 Å². The van der Waals surface area contributed by atoms with Crippen molar-refractivity contribution in [2.45, 2.75) is 19.4 Å². The number of carbonyl (C=O) groups excluding carboxylic acids is 1. The van der Waals surface area contributed by atoms with E-state index in [1.165, 1.54) is 12.4 Å². The van der Waals surface area contributed by atoms with Gasteiger partial charge in [-0.3, -0.25) is 9.78 Å². The van der Waals surface area contributed by atoms with Crippen LogP contribution in [0.4, 0.5) is 0 Å². The van der Waals surface area contributed by atoms with Crippen LogP contribution >= 0.6 is 36.4 Å². The fourth-order valence-electron chi connectivity index (χ4n) is 0.963. The molecule has 1 aromatic heterocycles. The molecule has 0 radical (unpaired) electrons. The van der Waals surface area contributed by atoms with Gasteiger partial charge in [0.1, 0.15) is 0 Å². The number of carbonyl (C=O) groups is 1. The van der Waals surface area contributed by atoms with Crippen molar-refractivity contribution in [3.63, 3.8) is 0 Å². The second-order valence-electron chi connectivity index (χ2n) is 4.03. The monoisotopic (exact) mass is 299 g/mol. The average Bonchev–Trinajstić information content (AvgIpc) is 2.14. The summed E-state index contributed by atoms with van der Waals surface area (Å²) in [5.41, 5.74) is 5.72. The molecule has 1 heterocycles. The van der Waals surface area contributed by atoms with Gasteiger partial charge in [-0.15, -0.1) is 24.8 Å². The van der Waals surface area contributed by atoms with E-state index in [1.807, 2.05) is 13.8 Å². The van der Waals surface area contributed by atoms with Gasteiger partial charge in [-0.2, -0.15) is 0 Å². The summed E-state index contributed by atoms with van der Waals surface area (Å²) < 4.78 is 0. The lowest BCUT2D eigenvalue weighted by Gasteiger charge is -2.18. The van der Waals surface area contributed by atoms with Crippen molar-refractivity contribution < 1.29 is 4.79 Å². The van der Waals surface area contributed by atoms with Crippen LogP contribution in [0, 0.1) is 0 Å². The van der Waals surface area contributed by atoms with Crippen LogP contribution in [0.3, 0.4) is 0 Å². The highest BCUT2D eigenvalue weighted by atomic mass is 35.5. The fraction of sp³-hybridized carbons (Fsp3) is 0.400. The summed E-state index contributed by atoms with van der Waals surface area (Å²) in [6, 6.07) is 1.57. The van der Waals surface area contributed by atoms with Gasteiger partial charge in [0.25, 0.3) is 5.91 Å². The van der Waals surface area contributed by atoms with Crippen LogP contribution < -0.4 is 11.1 Å². The maximum absolute atomic E-state index is 11.6. The van der Waals surface area contributed by atoms with Gasteiger partial charge >= 0.3 is 0 Å². The molecule has 0 spiro atoms. The minimum absolute atomic E-state index is 0. The molecule has 0 aliphatic rings. The van der Waals surface area contributed by atoms with Crippen molar-refractivity contribution in [3.8, 4) is 0 Å². The smallest absolute Gasteiger partial charge is 0.252 e. The van der Waals surface area contributed by atoms with E-state index in [0.717, 1.165) is 0 Å². The Labute approximate surface area is 118 Å². The first kappa shape index (κ1) is 18.8. The molecule has 98 valence electrons. The Morgan fingerprint density at radius 1 is 1.53 bits per heavy atom. The molecule has 0 fully saturated rings. The van der Waals surface area contributed by atoms with Crippen molar-refractivity contribution in [3.05, 3.63) is 29.0 Å². The van der Waals surface area contributed by atoms with Crippen LogP contribution in [0.15, 0.2) is 18.5 Å². The predicted octanol–water partition coefficient (Wildman–Crippen LogP) is 2.05. The van der Waals surface area contributed by atoms with E-state index in [2.05, 4.69) is 10.3 Å². The number of amides is 1. The summed E-state index contributed by atoms with van der Waals surface area (Å²) in [5.74, 6) is -0.235. The van der Waals surface area contributed by atoms with Crippen LogP contribution in [-0.2, 0) is 0 Å². The van der Waals surface area contributed by atoms with Gasteiger partial charge < -0.3 is 11.1 Å². The second kappa shape index (κ2) is 7.71. The minimum Gasteiger partial charge on any atom is -0.350 e. The van der Waals surface area contributed by atoms with Gasteiger partial charge in [0, 0.05) is 24.5 Å². The molecule has 1 amide bonds. The van der Waals surface area contributed by atoms with Crippen molar-refractivity contribution in [1.82, 2.24) is 10.3 Å². The van der Waals surface area contributed by atoms with Gasteiger partial charge in [-0.25, -0.2) is 0 Å². The molecule has 1 aromatic rings. The second-order valence-corrected chi connectivity index (χ2v) is 4.43. The van der Waals surface area contributed by atoms with Crippen molar-refractivity contribution >= 4 is 42.3 Å². The molecule has 0 bridgehead atoms. The summed E-state index contributed by atoms with van der Waals surface area (Å²) in [4.78, 5) is 15.4. The number of nitrogens with two attached hydrogens (primary N) is 1. The van der Waals surface area contributed by atoms with Gasteiger partial charge in [0.15, 0.2) is 0 Å². The van der Waals surface area contributed by atoms with Crippen molar-refractivity contribution in [2.24, 2.45) is 5.73 Å². The van der Waals surface area contributed by atoms with E-state index in [1.54, 1.807) is 6.07 Å². The lowest BCUT2D eigenvalue weighted by molar-refractivity contribution is 0.0946. The molecular weight excluding hydrogens is 284 g/mol. The molecule has 0 unspecified atom stereocenters. The quantitative estimate of drug-likeness (QED) is 0.897. The Kier molecular flexibility index (Phi) is 8.53. The molecule has 17 heavy (non-hydrogen) atoms. The third-order valence-electron chi connectivity index (χ3n) is 1.72. The molecule has 0 aliphatic heterocycles. The molecule has 0 saturated carbocycles. The molecule has 0 atom stereocenters. The number of nitrogens with zero attached hydrogens (tertiary/aromatic N) is 1. The van der Waals surface area contributed by atoms with Gasteiger partial charge in [-0.1, -0.05) is 11.6 Å². The SMILES string of the molecule is CC(C)(N)CNC(=O)c1ccncc1Cl.Cl.Cl. The van der Waals surface area contributed by atoms with Crippen LogP contribution in [0.5, 0.6) is 0 Å². The first-order valence-electron chi connectivity index (χ1n) is 4.57. The Hall–Kier alpha value is -0.550. The maximum atomic E-state index is 11.6. The first-order chi connectivity index (χ1) is 6.90. The molecule has 0 aromatic carbocycles. The maximum Gasteiger partial charge on any atom is 0.252 e. The zero-order chi connectivity index (χ0) is 11.5. The number of halogens is 3. The number of aromatic nitrogens is 1. The molecule has 1 rings (SSSR count). The number of pyridine rings is 1. The minimum atomic E-state index is -0.435. The zero-order valence-corrected chi connectivity index (χ0v) is 12.0. The number of nitrogens with one attached hydrogen (secondary N) is 1. The van der Waals surface area contributed by atoms with Crippen molar-refractivity contribution in [2.75, 3.05) is 6.54 Å². The molecule has 7 heteroatoms. The Balaban J connectivity index is 0. The van der Waals surface area contributed by atoms with Crippen LogP contribution in [-0.4, -0.2) is 23.0 Å². The fourth-order valence-corrected chi connectivity index (χ4v) is 1.17. The molecular formula is C10H16Cl3N3O. The summed E-state index contributed by atoms with van der Waals surface area (Å²) in [5, 5.41) is 3.04. The highest BCUT2D eigenvalue weighted by molar-refractivity contribution is 6.33. The average molecular weight is 301 g/mol. The van der Waals surface area contributed by atoms with Crippen LogP contribution in [0.1, 0.15) is 24.2 Å². The van der Waals surface area contributed by atoms with Gasteiger partial charge in [-0.05, 0) is 19.9 Å². The van der Waals surface area contributed by atoms with Gasteiger partial charge in [0.2, 0.25) is 0 Å². The summed E-state index contributed by atoms with van der Waals surface area (Å²) in [6.45, 7) is 4.06. The van der Waals surface area contributed by atoms with E-state index < -0.39 is 5.54 Å². The normalized spacial score (nSPS) is 9.88. The highest BCUT2D eigenvalue weighted by Gasteiger charge is 2.14. The zero-order valence-electron chi connectivity index (χ0n) is 9.57. The Morgan fingerprint density at radius 3 is 2.59 bits per heavy atom. The summed E-state index contributed by atoms with van der Waals surface area (Å²) in [6.07, 6.45) is 2.96. The topological polar surface area (TPSA) is 68.0 Å². The van der Waals surface area contributed by atoms with E-state index in [0.29, 0.717) is 17.1 Å². The van der Waals surface area contributed by atoms with Gasteiger partial charge in [0.05, 0.1) is 10.6 Å². The Morgan fingerprint density at radius 2 is 2.12 bits per heavy atom. The Bertz CT molecular complexity index is 366. The van der Waals surface area contributed by atoms with E-state index in [9.17, 15) is 4.79 Å². The number of hydrogen-bond acceptors (Lipinski definition) is 3. The predicted molar refractivity (Wildman–Crippen MR) is 74.3 cm³/mol. The van der Waals surface area contributed by atoms with Crippen LogP contribution in [0.2, 0.25) is 5.02 Å². The molecule has 3 N–H and O–H groups in total. The largest absolute Gasteiger partial charge is 0.350 e. The summed E-state index contributed by atoms with van der Waals surface area (Å²) >= 11 is 5.81. The first-order valence-corrected chi connectivity index (χ1v) is 4.94. The molecule has 4 nitrogen and oxygen atoms in total. The van der Waals surface area contributed by atoms with E-state index in [4.69, 9.17) is 17.3 Å². The van der Waals surface area contributed by atoms with E-state index in [-0.39, 0.29) is 30.7 Å². The number of rotatable bonds is 3. The van der Waals surface area contributed by atoms with Crippen molar-refractivity contribution in [1.29, 1.82) is 0 Å². The lowest BCUT2D eigenvalue weighted by Crippen LogP contribution is -2.45. The van der Waals surface area contributed by atoms with E-state index >= 15 is 0 Å². The lowest BCUT2D eigenvalue weighted by atomic mass is 10.1. The highest BCUT2D eigenvalue weighted by Crippen LogP contribution is 2.12. The number of hydrogen-bond donors (Lipinski definition) is 2. The third kappa shape index (κ3) is 6.68. The third-order valence-corrected chi connectivity index (χ3v) is 2.02.